The molecule has 1 N–H and O–H groups in total. The maximum Gasteiger partial charge on any atom is 0.228 e. The number of nitrogens with zero attached hydrogens (tertiary/aromatic N) is 1. The lowest BCUT2D eigenvalue weighted by Crippen LogP contribution is -2.46. The molecule has 2 aliphatic heterocycles. The molecule has 4 nitrogen and oxygen atoms in total. The number of carbonyl (C=O) groups is 1. The lowest BCUT2D eigenvalue weighted by Gasteiger charge is -2.35. The third kappa shape index (κ3) is 3.54. The number of rotatable bonds is 4. The van der Waals surface area contributed by atoms with Gasteiger partial charge in [0, 0.05) is 38.9 Å². The predicted octanol–water partition coefficient (Wildman–Crippen LogP) is 2.36. The van der Waals surface area contributed by atoms with Gasteiger partial charge in [-0.05, 0) is 38.5 Å². The molecule has 2 atom stereocenters. The van der Waals surface area contributed by atoms with Crippen molar-refractivity contribution in [2.45, 2.75) is 63.5 Å². The quantitative estimate of drug-likeness (QED) is 0.865. The van der Waals surface area contributed by atoms with Crippen molar-refractivity contribution >= 4 is 18.3 Å². The van der Waals surface area contributed by atoms with Crippen molar-refractivity contribution < 1.29 is 9.53 Å². The van der Waals surface area contributed by atoms with Crippen molar-refractivity contribution in [3.05, 3.63) is 0 Å². The molecule has 1 saturated carbocycles. The summed E-state index contributed by atoms with van der Waals surface area (Å²) in [5.41, 5.74) is -0.112. The van der Waals surface area contributed by atoms with Gasteiger partial charge in [0.1, 0.15) is 0 Å². The molecule has 2 bridgehead atoms. The van der Waals surface area contributed by atoms with Crippen LogP contribution in [-0.2, 0) is 9.53 Å². The first-order valence-electron chi connectivity index (χ1n) is 8.28. The molecule has 2 heterocycles. The Morgan fingerprint density at radius 2 is 1.95 bits per heavy atom. The fourth-order valence-electron chi connectivity index (χ4n) is 4.38. The van der Waals surface area contributed by atoms with Crippen LogP contribution < -0.4 is 5.32 Å². The van der Waals surface area contributed by atoms with E-state index in [0.29, 0.717) is 24.6 Å². The van der Waals surface area contributed by atoms with Gasteiger partial charge < -0.3 is 15.0 Å². The zero-order valence-corrected chi connectivity index (χ0v) is 13.9. The molecule has 0 aromatic heterocycles. The van der Waals surface area contributed by atoms with E-state index in [1.165, 1.54) is 25.7 Å². The first kappa shape index (κ1) is 17.0. The topological polar surface area (TPSA) is 41.6 Å². The Hall–Kier alpha value is -0.320. The molecule has 0 spiro atoms. The third-order valence-electron chi connectivity index (χ3n) is 5.61. The zero-order valence-electron chi connectivity index (χ0n) is 13.1. The summed E-state index contributed by atoms with van der Waals surface area (Å²) < 4.78 is 5.26. The molecular formula is C16H29ClN2O2. The van der Waals surface area contributed by atoms with Crippen molar-refractivity contribution in [3.8, 4) is 0 Å². The average Bonchev–Trinajstić information content (AvgIpc) is 3.04. The smallest absolute Gasteiger partial charge is 0.228 e. The average molecular weight is 317 g/mol. The Kier molecular flexibility index (Phi) is 5.92. The van der Waals surface area contributed by atoms with Crippen LogP contribution in [0, 0.1) is 5.41 Å². The van der Waals surface area contributed by atoms with Crippen LogP contribution >= 0.6 is 12.4 Å². The van der Waals surface area contributed by atoms with Crippen molar-refractivity contribution in [1.29, 1.82) is 0 Å². The van der Waals surface area contributed by atoms with Crippen LogP contribution in [0.1, 0.15) is 51.4 Å². The summed E-state index contributed by atoms with van der Waals surface area (Å²) in [7, 11) is 1.74. The molecule has 0 aromatic carbocycles. The van der Waals surface area contributed by atoms with E-state index in [4.69, 9.17) is 4.74 Å². The summed E-state index contributed by atoms with van der Waals surface area (Å²) in [6.45, 7) is 2.58. The lowest BCUT2D eigenvalue weighted by atomic mass is 9.81. The summed E-state index contributed by atoms with van der Waals surface area (Å²) in [5, 5.41) is 3.67. The Morgan fingerprint density at radius 3 is 2.67 bits per heavy atom. The highest BCUT2D eigenvalue weighted by molar-refractivity contribution is 5.85. The standard InChI is InChI=1S/C16H28N2O2.ClH/c1-20-11-9-16(7-2-3-8-16)15(19)18-10-6-13-4-5-14(12-18)17-13;/h13-14,17H,2-12H2,1H3;1H. The Labute approximate surface area is 134 Å². The van der Waals surface area contributed by atoms with Crippen molar-refractivity contribution in [2.75, 3.05) is 26.8 Å². The van der Waals surface area contributed by atoms with Gasteiger partial charge in [0.15, 0.2) is 0 Å². The number of ether oxygens (including phenoxy) is 1. The number of hydrogen-bond donors (Lipinski definition) is 1. The number of hydrogen-bond acceptors (Lipinski definition) is 3. The first-order valence-corrected chi connectivity index (χ1v) is 8.28. The van der Waals surface area contributed by atoms with Crippen LogP contribution in [0.25, 0.3) is 0 Å². The van der Waals surface area contributed by atoms with Crippen LogP contribution in [0.5, 0.6) is 0 Å². The maximum absolute atomic E-state index is 13.1. The molecule has 2 saturated heterocycles. The molecule has 122 valence electrons. The fourth-order valence-corrected chi connectivity index (χ4v) is 4.38. The van der Waals surface area contributed by atoms with E-state index in [2.05, 4.69) is 10.2 Å². The van der Waals surface area contributed by atoms with Crippen molar-refractivity contribution in [2.24, 2.45) is 5.41 Å². The zero-order chi connectivity index (χ0) is 14.0. The van der Waals surface area contributed by atoms with Gasteiger partial charge in [-0.1, -0.05) is 12.8 Å². The summed E-state index contributed by atoms with van der Waals surface area (Å²) in [6, 6.07) is 1.18. The fraction of sp³-hybridized carbons (Fsp3) is 0.938. The van der Waals surface area contributed by atoms with Gasteiger partial charge >= 0.3 is 0 Å². The van der Waals surface area contributed by atoms with Gasteiger partial charge in [-0.15, -0.1) is 12.4 Å². The summed E-state index contributed by atoms with van der Waals surface area (Å²) in [6.07, 6.45) is 9.09. The van der Waals surface area contributed by atoms with Crippen LogP contribution in [0.4, 0.5) is 0 Å². The van der Waals surface area contributed by atoms with E-state index in [0.717, 1.165) is 38.8 Å². The lowest BCUT2D eigenvalue weighted by molar-refractivity contribution is -0.143. The molecule has 0 aromatic rings. The molecule has 5 heteroatoms. The molecule has 3 rings (SSSR count). The summed E-state index contributed by atoms with van der Waals surface area (Å²) in [5.74, 6) is 0.418. The third-order valence-corrected chi connectivity index (χ3v) is 5.61. The van der Waals surface area contributed by atoms with Crippen LogP contribution in [-0.4, -0.2) is 49.7 Å². The Bertz CT molecular complexity index is 358. The van der Waals surface area contributed by atoms with E-state index in [-0.39, 0.29) is 17.8 Å². The van der Waals surface area contributed by atoms with E-state index in [1.807, 2.05) is 0 Å². The number of likely N-dealkylation sites (tertiary alicyclic amines) is 1. The minimum absolute atomic E-state index is 0. The minimum atomic E-state index is -0.112. The molecule has 1 aliphatic carbocycles. The van der Waals surface area contributed by atoms with E-state index < -0.39 is 0 Å². The second kappa shape index (κ2) is 7.30. The van der Waals surface area contributed by atoms with Gasteiger partial charge in [-0.25, -0.2) is 0 Å². The number of fused-ring (bicyclic) bond motifs is 2. The summed E-state index contributed by atoms with van der Waals surface area (Å²) >= 11 is 0. The SMILES string of the molecule is COCCC1(C(=O)N2CCC3CCC(C2)N3)CCCC1.Cl. The van der Waals surface area contributed by atoms with Crippen LogP contribution in [0.2, 0.25) is 0 Å². The molecule has 3 aliphatic rings. The van der Waals surface area contributed by atoms with E-state index >= 15 is 0 Å². The molecule has 3 fully saturated rings. The molecule has 0 radical (unpaired) electrons. The van der Waals surface area contributed by atoms with E-state index in [1.54, 1.807) is 7.11 Å². The van der Waals surface area contributed by atoms with Gasteiger partial charge in [-0.3, -0.25) is 4.79 Å². The second-order valence-electron chi connectivity index (χ2n) is 6.91. The largest absolute Gasteiger partial charge is 0.385 e. The molecular weight excluding hydrogens is 288 g/mol. The normalized spacial score (nSPS) is 30.8. The number of amides is 1. The van der Waals surface area contributed by atoms with Crippen LogP contribution in [0.15, 0.2) is 0 Å². The number of halogens is 1. The van der Waals surface area contributed by atoms with E-state index in [9.17, 15) is 4.79 Å². The van der Waals surface area contributed by atoms with Crippen molar-refractivity contribution in [1.82, 2.24) is 10.2 Å². The minimum Gasteiger partial charge on any atom is -0.385 e. The number of methoxy groups -OCH3 is 1. The van der Waals surface area contributed by atoms with Gasteiger partial charge in [0.25, 0.3) is 0 Å². The van der Waals surface area contributed by atoms with Crippen LogP contribution in [0.3, 0.4) is 0 Å². The molecule has 21 heavy (non-hydrogen) atoms. The maximum atomic E-state index is 13.1. The Balaban J connectivity index is 0.00000161. The highest BCUT2D eigenvalue weighted by Gasteiger charge is 2.44. The predicted molar refractivity (Wildman–Crippen MR) is 85.8 cm³/mol. The van der Waals surface area contributed by atoms with Gasteiger partial charge in [-0.2, -0.15) is 0 Å². The first-order chi connectivity index (χ1) is 9.73. The molecule has 2 unspecified atom stereocenters. The number of nitrogens with one attached hydrogen (secondary N) is 1. The monoisotopic (exact) mass is 316 g/mol. The van der Waals surface area contributed by atoms with Crippen molar-refractivity contribution in [3.63, 3.8) is 0 Å². The second-order valence-corrected chi connectivity index (χ2v) is 6.91. The highest BCUT2D eigenvalue weighted by atomic mass is 35.5. The number of carbonyl (C=O) groups excluding carboxylic acids is 1. The molecule has 1 amide bonds. The summed E-state index contributed by atoms with van der Waals surface area (Å²) in [4.78, 5) is 15.3. The van der Waals surface area contributed by atoms with Gasteiger partial charge in [0.2, 0.25) is 5.91 Å². The van der Waals surface area contributed by atoms with Gasteiger partial charge in [0.05, 0.1) is 5.41 Å². The highest BCUT2D eigenvalue weighted by Crippen LogP contribution is 2.43. The Morgan fingerprint density at radius 1 is 1.24 bits per heavy atom.